The summed E-state index contributed by atoms with van der Waals surface area (Å²) in [7, 11) is 0. The van der Waals surface area contributed by atoms with E-state index in [2.05, 4.69) is 11.8 Å². The lowest BCUT2D eigenvalue weighted by molar-refractivity contribution is -0.122. The van der Waals surface area contributed by atoms with E-state index in [-0.39, 0.29) is 11.6 Å². The fourth-order valence-corrected chi connectivity index (χ4v) is 2.87. The molecule has 0 aromatic carbocycles. The number of likely N-dealkylation sites (tertiary alicyclic amines) is 2. The van der Waals surface area contributed by atoms with E-state index in [1.54, 1.807) is 4.90 Å². The van der Waals surface area contributed by atoms with Crippen molar-refractivity contribution < 1.29 is 14.3 Å². The molecule has 2 aliphatic heterocycles. The summed E-state index contributed by atoms with van der Waals surface area (Å²) in [5, 5.41) is 0. The topological polar surface area (TPSA) is 49.9 Å². The Morgan fingerprint density at radius 2 is 2.00 bits per heavy atom. The summed E-state index contributed by atoms with van der Waals surface area (Å²) < 4.78 is 5.04. The summed E-state index contributed by atoms with van der Waals surface area (Å²) in [4.78, 5) is 27.1. The van der Waals surface area contributed by atoms with E-state index in [1.807, 2.05) is 6.92 Å². The maximum Gasteiger partial charge on any atom is 0.409 e. The maximum atomic E-state index is 11.7. The highest BCUT2D eigenvalue weighted by molar-refractivity contribution is 5.79. The fourth-order valence-electron chi connectivity index (χ4n) is 2.87. The number of rotatable bonds is 2. The molecule has 0 spiro atoms. The Balaban J connectivity index is 1.93. The normalized spacial score (nSPS) is 29.7. The van der Waals surface area contributed by atoms with Crippen LogP contribution >= 0.6 is 0 Å². The van der Waals surface area contributed by atoms with Crippen LogP contribution in [-0.4, -0.2) is 60.0 Å². The second-order valence-electron chi connectivity index (χ2n) is 5.39. The smallest absolute Gasteiger partial charge is 0.409 e. The predicted octanol–water partition coefficient (Wildman–Crippen LogP) is 1.27. The molecule has 0 aliphatic carbocycles. The monoisotopic (exact) mass is 254 g/mol. The number of ketones is 1. The van der Waals surface area contributed by atoms with Crippen molar-refractivity contribution in [1.82, 2.24) is 9.80 Å². The van der Waals surface area contributed by atoms with Crippen LogP contribution in [0.3, 0.4) is 0 Å². The van der Waals surface area contributed by atoms with Crippen molar-refractivity contribution in [3.05, 3.63) is 0 Å². The Morgan fingerprint density at radius 1 is 1.33 bits per heavy atom. The Kier molecular flexibility index (Phi) is 3.90. The molecule has 5 nitrogen and oxygen atoms in total. The average molecular weight is 254 g/mol. The van der Waals surface area contributed by atoms with E-state index in [9.17, 15) is 9.59 Å². The quantitative estimate of drug-likeness (QED) is 0.744. The van der Waals surface area contributed by atoms with Crippen LogP contribution in [0.4, 0.5) is 4.79 Å². The van der Waals surface area contributed by atoms with Gasteiger partial charge in [-0.1, -0.05) is 0 Å². The molecule has 5 heteroatoms. The maximum absolute atomic E-state index is 11.7. The average Bonchev–Trinajstić information content (AvgIpc) is 2.74. The molecular formula is C13H22N2O3. The van der Waals surface area contributed by atoms with Crippen LogP contribution in [0.5, 0.6) is 0 Å². The van der Waals surface area contributed by atoms with E-state index < -0.39 is 0 Å². The molecule has 2 aliphatic rings. The van der Waals surface area contributed by atoms with Gasteiger partial charge in [0, 0.05) is 44.6 Å². The van der Waals surface area contributed by atoms with Gasteiger partial charge in [-0.3, -0.25) is 9.69 Å². The number of carbonyl (C=O) groups excluding carboxylic acids is 2. The summed E-state index contributed by atoms with van der Waals surface area (Å²) in [6, 6.07) is 0. The lowest BCUT2D eigenvalue weighted by Crippen LogP contribution is -2.52. The summed E-state index contributed by atoms with van der Waals surface area (Å²) in [5.74, 6) is 0.357. The molecule has 18 heavy (non-hydrogen) atoms. The summed E-state index contributed by atoms with van der Waals surface area (Å²) in [6.07, 6.45) is 2.04. The van der Waals surface area contributed by atoms with Gasteiger partial charge in [0.1, 0.15) is 5.78 Å². The van der Waals surface area contributed by atoms with E-state index >= 15 is 0 Å². The molecule has 2 fully saturated rings. The molecule has 0 saturated carbocycles. The van der Waals surface area contributed by atoms with Gasteiger partial charge in [0.05, 0.1) is 6.61 Å². The highest BCUT2D eigenvalue weighted by Gasteiger charge is 2.41. The Morgan fingerprint density at radius 3 is 2.61 bits per heavy atom. The molecular weight excluding hydrogens is 232 g/mol. The largest absolute Gasteiger partial charge is 0.450 e. The number of Topliss-reactive ketones (excluding diaryl/α,β-unsaturated/α-hetero) is 1. The Hall–Kier alpha value is -1.10. The van der Waals surface area contributed by atoms with Crippen LogP contribution in [0, 0.1) is 0 Å². The minimum Gasteiger partial charge on any atom is -0.450 e. The molecule has 2 heterocycles. The third-order valence-corrected chi connectivity index (χ3v) is 4.06. The standard InChI is InChI=1S/C13H22N2O3/c1-3-18-12(17)14-9-6-13(2,10-14)15-7-4-11(16)5-8-15/h3-10H2,1-2H3/t13-/m1/s1. The predicted molar refractivity (Wildman–Crippen MR) is 67.4 cm³/mol. The lowest BCUT2D eigenvalue weighted by atomic mass is 9.95. The third kappa shape index (κ3) is 2.66. The van der Waals surface area contributed by atoms with Gasteiger partial charge in [-0.25, -0.2) is 4.79 Å². The van der Waals surface area contributed by atoms with Gasteiger partial charge in [-0.15, -0.1) is 0 Å². The molecule has 102 valence electrons. The van der Waals surface area contributed by atoms with Crippen molar-refractivity contribution in [2.45, 2.75) is 38.6 Å². The van der Waals surface area contributed by atoms with Crippen LogP contribution in [0.2, 0.25) is 0 Å². The molecule has 0 radical (unpaired) electrons. The third-order valence-electron chi connectivity index (χ3n) is 4.06. The molecule has 2 rings (SSSR count). The number of carbonyl (C=O) groups is 2. The highest BCUT2D eigenvalue weighted by Crippen LogP contribution is 2.30. The zero-order valence-electron chi connectivity index (χ0n) is 11.3. The van der Waals surface area contributed by atoms with Crippen molar-refractivity contribution in [1.29, 1.82) is 0 Å². The van der Waals surface area contributed by atoms with Gasteiger partial charge in [0.25, 0.3) is 0 Å². The number of amides is 1. The van der Waals surface area contributed by atoms with Gasteiger partial charge in [0.15, 0.2) is 0 Å². The minimum atomic E-state index is -0.214. The van der Waals surface area contributed by atoms with Crippen molar-refractivity contribution in [2.75, 3.05) is 32.8 Å². The molecule has 0 unspecified atom stereocenters. The van der Waals surface area contributed by atoms with Gasteiger partial charge < -0.3 is 9.64 Å². The van der Waals surface area contributed by atoms with Crippen molar-refractivity contribution >= 4 is 11.9 Å². The molecule has 0 N–H and O–H groups in total. The van der Waals surface area contributed by atoms with Crippen molar-refractivity contribution in [3.63, 3.8) is 0 Å². The van der Waals surface area contributed by atoms with Crippen LogP contribution in [0.15, 0.2) is 0 Å². The van der Waals surface area contributed by atoms with Gasteiger partial charge in [-0.05, 0) is 20.3 Å². The van der Waals surface area contributed by atoms with Crippen LogP contribution in [0.1, 0.15) is 33.1 Å². The molecule has 0 aromatic rings. The zero-order chi connectivity index (χ0) is 13.2. The summed E-state index contributed by atoms with van der Waals surface area (Å²) in [6.45, 7) is 7.54. The van der Waals surface area contributed by atoms with Crippen LogP contribution in [0.25, 0.3) is 0 Å². The highest BCUT2D eigenvalue weighted by atomic mass is 16.6. The summed E-state index contributed by atoms with van der Waals surface area (Å²) >= 11 is 0. The first-order valence-corrected chi connectivity index (χ1v) is 6.73. The minimum absolute atomic E-state index is 0.00740. The lowest BCUT2D eigenvalue weighted by Gasteiger charge is -2.40. The second-order valence-corrected chi connectivity index (χ2v) is 5.39. The van der Waals surface area contributed by atoms with Gasteiger partial charge in [-0.2, -0.15) is 0 Å². The molecule has 1 atom stereocenters. The number of hydrogen-bond acceptors (Lipinski definition) is 4. The number of hydrogen-bond donors (Lipinski definition) is 0. The molecule has 1 amide bonds. The van der Waals surface area contributed by atoms with E-state index in [4.69, 9.17) is 4.74 Å². The first-order chi connectivity index (χ1) is 8.55. The molecule has 0 bridgehead atoms. The Bertz CT molecular complexity index is 335. The van der Waals surface area contributed by atoms with Crippen molar-refractivity contribution in [3.8, 4) is 0 Å². The summed E-state index contributed by atoms with van der Waals surface area (Å²) in [5.41, 5.74) is 0.00740. The van der Waals surface area contributed by atoms with E-state index in [0.717, 1.165) is 26.1 Å². The van der Waals surface area contributed by atoms with Crippen LogP contribution in [-0.2, 0) is 9.53 Å². The SMILES string of the molecule is CCOC(=O)N1CC[C@@](C)(N2CCC(=O)CC2)C1. The van der Waals surface area contributed by atoms with E-state index in [0.29, 0.717) is 31.8 Å². The zero-order valence-corrected chi connectivity index (χ0v) is 11.3. The fraction of sp³-hybridized carbons (Fsp3) is 0.846. The van der Waals surface area contributed by atoms with Crippen LogP contribution < -0.4 is 0 Å². The molecule has 2 saturated heterocycles. The second kappa shape index (κ2) is 5.26. The first kappa shape index (κ1) is 13.3. The molecule has 0 aromatic heterocycles. The van der Waals surface area contributed by atoms with Crippen molar-refractivity contribution in [2.24, 2.45) is 0 Å². The first-order valence-electron chi connectivity index (χ1n) is 6.73. The van der Waals surface area contributed by atoms with Gasteiger partial charge >= 0.3 is 6.09 Å². The van der Waals surface area contributed by atoms with E-state index in [1.165, 1.54) is 0 Å². The number of nitrogens with zero attached hydrogens (tertiary/aromatic N) is 2. The number of ether oxygens (including phenoxy) is 1. The number of piperidine rings is 1. The Labute approximate surface area is 108 Å². The van der Waals surface area contributed by atoms with Gasteiger partial charge in [0.2, 0.25) is 0 Å².